The van der Waals surface area contributed by atoms with Gasteiger partial charge in [-0.3, -0.25) is 0 Å². The summed E-state index contributed by atoms with van der Waals surface area (Å²) in [5.41, 5.74) is 2.80. The van der Waals surface area contributed by atoms with Crippen LogP contribution in [0, 0.1) is 5.92 Å². The Morgan fingerprint density at radius 2 is 1.72 bits per heavy atom. The Morgan fingerprint density at radius 1 is 1.07 bits per heavy atom. The lowest BCUT2D eigenvalue weighted by molar-refractivity contribution is 0.201. The Hall–Kier alpha value is -2.54. The monoisotopic (exact) mass is 418 g/mol. The summed E-state index contributed by atoms with van der Waals surface area (Å²) in [6, 6.07) is 14.4. The summed E-state index contributed by atoms with van der Waals surface area (Å²) in [5, 5.41) is 3.02. The second kappa shape index (κ2) is 10.3. The maximum atomic E-state index is 12.9. The lowest BCUT2D eigenvalue weighted by atomic mass is 10.1. The third-order valence-electron chi connectivity index (χ3n) is 4.39. The van der Waals surface area contributed by atoms with Crippen molar-refractivity contribution in [3.8, 4) is 5.75 Å². The molecule has 1 N–H and O–H groups in total. The standard InChI is InChI=1S/C22H30N2O4S/c1-5-19-9-7-8-10-21(19)23-22(25)24(15-17(3)4)16-18-11-13-20(14-12-18)28-29(26,27)6-2/h7-14,17H,5-6,15-16H2,1-4H3,(H,23,25). The van der Waals surface area contributed by atoms with Crippen molar-refractivity contribution < 1.29 is 17.4 Å². The fourth-order valence-electron chi connectivity index (χ4n) is 2.88. The highest BCUT2D eigenvalue weighted by Gasteiger charge is 2.17. The van der Waals surface area contributed by atoms with Gasteiger partial charge in [0.2, 0.25) is 0 Å². The van der Waals surface area contributed by atoms with E-state index < -0.39 is 10.1 Å². The molecule has 0 aliphatic carbocycles. The van der Waals surface area contributed by atoms with Gasteiger partial charge in [0.1, 0.15) is 5.75 Å². The first-order valence-corrected chi connectivity index (χ1v) is 11.5. The molecule has 0 radical (unpaired) electrons. The van der Waals surface area contributed by atoms with Crippen LogP contribution in [0.15, 0.2) is 48.5 Å². The molecule has 0 aliphatic heterocycles. The van der Waals surface area contributed by atoms with Crippen molar-refractivity contribution in [2.75, 3.05) is 17.6 Å². The number of hydrogen-bond acceptors (Lipinski definition) is 4. The van der Waals surface area contributed by atoms with Crippen molar-refractivity contribution >= 4 is 21.8 Å². The molecule has 0 bridgehead atoms. The molecule has 0 heterocycles. The third kappa shape index (κ3) is 7.09. The number of amides is 2. The zero-order chi connectivity index (χ0) is 21.4. The molecule has 0 fully saturated rings. The number of benzene rings is 2. The minimum absolute atomic E-state index is 0.0870. The van der Waals surface area contributed by atoms with Crippen LogP contribution >= 0.6 is 0 Å². The Bertz CT molecular complexity index is 909. The summed E-state index contributed by atoms with van der Waals surface area (Å²) >= 11 is 0. The van der Waals surface area contributed by atoms with Crippen molar-refractivity contribution in [2.45, 2.75) is 40.7 Å². The van der Waals surface area contributed by atoms with Gasteiger partial charge in [-0.25, -0.2) is 4.79 Å². The minimum Gasteiger partial charge on any atom is -0.382 e. The number of hydrogen-bond donors (Lipinski definition) is 1. The molecular formula is C22H30N2O4S. The average Bonchev–Trinajstić information content (AvgIpc) is 2.68. The normalized spacial score (nSPS) is 11.3. The highest BCUT2D eigenvalue weighted by atomic mass is 32.2. The van der Waals surface area contributed by atoms with Gasteiger partial charge < -0.3 is 14.4 Å². The van der Waals surface area contributed by atoms with Crippen LogP contribution in [0.5, 0.6) is 5.75 Å². The van der Waals surface area contributed by atoms with Crippen LogP contribution in [0.1, 0.15) is 38.8 Å². The molecule has 2 aromatic carbocycles. The smallest absolute Gasteiger partial charge is 0.322 e. The minimum atomic E-state index is -3.55. The highest BCUT2D eigenvalue weighted by molar-refractivity contribution is 7.87. The molecule has 29 heavy (non-hydrogen) atoms. The zero-order valence-corrected chi connectivity index (χ0v) is 18.3. The fourth-order valence-corrected chi connectivity index (χ4v) is 3.40. The quantitative estimate of drug-likeness (QED) is 0.601. The first-order valence-electron chi connectivity index (χ1n) is 9.89. The van der Waals surface area contributed by atoms with E-state index in [1.165, 1.54) is 6.92 Å². The number of para-hydroxylation sites is 1. The van der Waals surface area contributed by atoms with E-state index in [1.807, 2.05) is 24.3 Å². The van der Waals surface area contributed by atoms with E-state index >= 15 is 0 Å². The summed E-state index contributed by atoms with van der Waals surface area (Å²) in [5.74, 6) is 0.489. The van der Waals surface area contributed by atoms with Crippen molar-refractivity contribution in [3.05, 3.63) is 59.7 Å². The molecule has 2 amide bonds. The van der Waals surface area contributed by atoms with Crippen molar-refractivity contribution in [1.29, 1.82) is 0 Å². The molecular weight excluding hydrogens is 388 g/mol. The van der Waals surface area contributed by atoms with Gasteiger partial charge in [0.05, 0.1) is 5.75 Å². The molecule has 158 valence electrons. The van der Waals surface area contributed by atoms with Gasteiger partial charge in [0.15, 0.2) is 0 Å². The topological polar surface area (TPSA) is 75.7 Å². The number of carbonyl (C=O) groups is 1. The molecule has 0 aliphatic rings. The maximum absolute atomic E-state index is 12.9. The predicted octanol–water partition coefficient (Wildman–Crippen LogP) is 4.67. The Morgan fingerprint density at radius 3 is 2.31 bits per heavy atom. The highest BCUT2D eigenvalue weighted by Crippen LogP contribution is 2.19. The lowest BCUT2D eigenvalue weighted by Gasteiger charge is -2.25. The van der Waals surface area contributed by atoms with E-state index in [4.69, 9.17) is 4.18 Å². The van der Waals surface area contributed by atoms with E-state index in [2.05, 4.69) is 26.1 Å². The van der Waals surface area contributed by atoms with Crippen LogP contribution in [0.2, 0.25) is 0 Å². The third-order valence-corrected chi connectivity index (χ3v) is 5.54. The van der Waals surface area contributed by atoms with Crippen LogP contribution < -0.4 is 9.50 Å². The van der Waals surface area contributed by atoms with Crippen molar-refractivity contribution in [1.82, 2.24) is 4.90 Å². The SMILES string of the molecule is CCc1ccccc1NC(=O)N(Cc1ccc(OS(=O)(=O)CC)cc1)CC(C)C. The lowest BCUT2D eigenvalue weighted by Crippen LogP contribution is -2.37. The van der Waals surface area contributed by atoms with Gasteiger partial charge in [-0.2, -0.15) is 8.42 Å². The van der Waals surface area contributed by atoms with Crippen LogP contribution in [0.25, 0.3) is 0 Å². The number of urea groups is 1. The van der Waals surface area contributed by atoms with Gasteiger partial charge in [0, 0.05) is 18.8 Å². The summed E-state index contributed by atoms with van der Waals surface area (Å²) in [6.45, 7) is 8.73. The molecule has 0 spiro atoms. The van der Waals surface area contributed by atoms with Crippen LogP contribution in [0.3, 0.4) is 0 Å². The van der Waals surface area contributed by atoms with Crippen LogP contribution in [0.4, 0.5) is 10.5 Å². The van der Waals surface area contributed by atoms with Gasteiger partial charge in [-0.05, 0) is 48.6 Å². The summed E-state index contributed by atoms with van der Waals surface area (Å²) in [4.78, 5) is 14.7. The molecule has 0 saturated carbocycles. The number of anilines is 1. The van der Waals surface area contributed by atoms with Crippen molar-refractivity contribution in [2.24, 2.45) is 5.92 Å². The number of aryl methyl sites for hydroxylation is 1. The summed E-state index contributed by atoms with van der Waals surface area (Å²) < 4.78 is 28.2. The number of nitrogens with zero attached hydrogens (tertiary/aromatic N) is 1. The molecule has 0 aromatic heterocycles. The van der Waals surface area contributed by atoms with Crippen molar-refractivity contribution in [3.63, 3.8) is 0 Å². The van der Waals surface area contributed by atoms with E-state index in [-0.39, 0.29) is 17.5 Å². The summed E-state index contributed by atoms with van der Waals surface area (Å²) in [7, 11) is -3.55. The molecule has 2 aromatic rings. The van der Waals surface area contributed by atoms with Crippen LogP contribution in [-0.4, -0.2) is 31.6 Å². The van der Waals surface area contributed by atoms with E-state index in [0.29, 0.717) is 19.0 Å². The molecule has 0 atom stereocenters. The van der Waals surface area contributed by atoms with Gasteiger partial charge in [0.25, 0.3) is 0 Å². The first kappa shape index (κ1) is 22.7. The molecule has 0 saturated heterocycles. The predicted molar refractivity (Wildman–Crippen MR) is 117 cm³/mol. The summed E-state index contributed by atoms with van der Waals surface area (Å²) in [6.07, 6.45) is 0.836. The largest absolute Gasteiger partial charge is 0.382 e. The van der Waals surface area contributed by atoms with Gasteiger partial charge in [-0.15, -0.1) is 0 Å². The van der Waals surface area contributed by atoms with Crippen LogP contribution in [-0.2, 0) is 23.1 Å². The molecule has 0 unspecified atom stereocenters. The maximum Gasteiger partial charge on any atom is 0.322 e. The number of nitrogens with one attached hydrogen (secondary N) is 1. The zero-order valence-electron chi connectivity index (χ0n) is 17.5. The van der Waals surface area contributed by atoms with Gasteiger partial charge >= 0.3 is 16.1 Å². The fraction of sp³-hybridized carbons (Fsp3) is 0.409. The van der Waals surface area contributed by atoms with E-state index in [1.54, 1.807) is 29.2 Å². The first-order chi connectivity index (χ1) is 13.7. The Balaban J connectivity index is 2.12. The second-order valence-electron chi connectivity index (χ2n) is 7.29. The second-order valence-corrected chi connectivity index (χ2v) is 9.15. The van der Waals surface area contributed by atoms with E-state index in [9.17, 15) is 13.2 Å². The Kier molecular flexibility index (Phi) is 8.08. The number of carbonyl (C=O) groups excluding carboxylic acids is 1. The average molecular weight is 419 g/mol. The molecule has 7 heteroatoms. The van der Waals surface area contributed by atoms with Gasteiger partial charge in [-0.1, -0.05) is 51.1 Å². The molecule has 2 rings (SSSR count). The molecule has 6 nitrogen and oxygen atoms in total. The number of rotatable bonds is 9. The Labute approximate surface area is 174 Å². The van der Waals surface area contributed by atoms with E-state index in [0.717, 1.165) is 23.2 Å².